The van der Waals surface area contributed by atoms with E-state index >= 15 is 0 Å². The first-order chi connectivity index (χ1) is 8.71. The van der Waals surface area contributed by atoms with E-state index in [2.05, 4.69) is 21.2 Å². The molecule has 0 radical (unpaired) electrons. The number of nitrogens with one attached hydrogen (secondary N) is 1. The second-order valence-corrected chi connectivity index (χ2v) is 5.81. The average molecular weight is 330 g/mol. The van der Waals surface area contributed by atoms with Gasteiger partial charge in [0.1, 0.15) is 5.75 Å². The molecule has 0 aliphatic carbocycles. The van der Waals surface area contributed by atoms with Crippen molar-refractivity contribution in [1.82, 2.24) is 5.32 Å². The van der Waals surface area contributed by atoms with E-state index in [-0.39, 0.29) is 17.7 Å². The number of carboxylic acid groups (broad SMARTS) is 1. The molecule has 0 saturated carbocycles. The van der Waals surface area contributed by atoms with Crippen molar-refractivity contribution in [2.75, 3.05) is 0 Å². The van der Waals surface area contributed by atoms with Crippen LogP contribution in [0.3, 0.4) is 0 Å². The Kier molecular flexibility index (Phi) is 4.94. The minimum atomic E-state index is -0.909. The summed E-state index contributed by atoms with van der Waals surface area (Å²) >= 11 is 3.19. The molecule has 0 fully saturated rings. The maximum Gasteiger partial charge on any atom is 0.303 e. The molecule has 0 unspecified atom stereocenters. The van der Waals surface area contributed by atoms with E-state index in [0.717, 1.165) is 0 Å². The van der Waals surface area contributed by atoms with Gasteiger partial charge in [0.25, 0.3) is 5.91 Å². The van der Waals surface area contributed by atoms with Crippen LogP contribution in [0.25, 0.3) is 0 Å². The number of phenols is 1. The summed E-state index contributed by atoms with van der Waals surface area (Å²) < 4.78 is 0.673. The third kappa shape index (κ3) is 4.90. The molecule has 1 aromatic rings. The van der Waals surface area contributed by atoms with E-state index in [1.807, 2.05) is 0 Å². The molecule has 0 atom stereocenters. The Balaban J connectivity index is 2.75. The monoisotopic (exact) mass is 329 g/mol. The van der Waals surface area contributed by atoms with Crippen LogP contribution < -0.4 is 5.32 Å². The zero-order valence-corrected chi connectivity index (χ0v) is 12.3. The molecule has 0 saturated heterocycles. The van der Waals surface area contributed by atoms with Gasteiger partial charge in [-0.1, -0.05) is 15.9 Å². The summed E-state index contributed by atoms with van der Waals surface area (Å²) in [7, 11) is 0. The van der Waals surface area contributed by atoms with E-state index in [0.29, 0.717) is 10.9 Å². The largest absolute Gasteiger partial charge is 0.507 e. The van der Waals surface area contributed by atoms with Crippen molar-refractivity contribution in [3.05, 3.63) is 28.2 Å². The lowest BCUT2D eigenvalue weighted by Crippen LogP contribution is -2.43. The van der Waals surface area contributed by atoms with Gasteiger partial charge in [-0.05, 0) is 38.5 Å². The summed E-state index contributed by atoms with van der Waals surface area (Å²) in [6.07, 6.45) is 0.283. The van der Waals surface area contributed by atoms with Crippen molar-refractivity contribution in [1.29, 1.82) is 0 Å². The van der Waals surface area contributed by atoms with Crippen molar-refractivity contribution in [3.8, 4) is 5.75 Å². The number of benzene rings is 1. The molecule has 0 aromatic heterocycles. The molecule has 0 spiro atoms. The van der Waals surface area contributed by atoms with Gasteiger partial charge in [-0.15, -0.1) is 0 Å². The van der Waals surface area contributed by atoms with Crippen molar-refractivity contribution < 1.29 is 19.8 Å². The van der Waals surface area contributed by atoms with Crippen LogP contribution in [0.4, 0.5) is 0 Å². The van der Waals surface area contributed by atoms with E-state index in [9.17, 15) is 14.7 Å². The van der Waals surface area contributed by atoms with Gasteiger partial charge in [-0.3, -0.25) is 9.59 Å². The summed E-state index contributed by atoms with van der Waals surface area (Å²) in [4.78, 5) is 22.5. The maximum atomic E-state index is 12.0. The van der Waals surface area contributed by atoms with Gasteiger partial charge in [-0.25, -0.2) is 0 Å². The van der Waals surface area contributed by atoms with E-state index < -0.39 is 17.4 Å². The predicted octanol–water partition coefficient (Wildman–Crippen LogP) is 2.53. The second kappa shape index (κ2) is 6.06. The van der Waals surface area contributed by atoms with Gasteiger partial charge >= 0.3 is 5.97 Å². The van der Waals surface area contributed by atoms with Gasteiger partial charge < -0.3 is 15.5 Å². The molecule has 1 amide bonds. The minimum Gasteiger partial charge on any atom is -0.507 e. The quantitative estimate of drug-likeness (QED) is 0.774. The molecular formula is C13H16BrNO4. The van der Waals surface area contributed by atoms with Crippen LogP contribution >= 0.6 is 15.9 Å². The molecule has 1 aromatic carbocycles. The normalized spacial score (nSPS) is 11.1. The van der Waals surface area contributed by atoms with Crippen molar-refractivity contribution in [2.24, 2.45) is 0 Å². The van der Waals surface area contributed by atoms with Crippen LogP contribution in [0.1, 0.15) is 37.0 Å². The molecule has 19 heavy (non-hydrogen) atoms. The Morgan fingerprint density at radius 2 is 2.00 bits per heavy atom. The van der Waals surface area contributed by atoms with Crippen LogP contribution in [0.5, 0.6) is 5.75 Å². The van der Waals surface area contributed by atoms with Gasteiger partial charge in [0.05, 0.1) is 5.56 Å². The second-order valence-electron chi connectivity index (χ2n) is 4.89. The molecule has 0 heterocycles. The number of carboxylic acids is 1. The summed E-state index contributed by atoms with van der Waals surface area (Å²) in [6.45, 7) is 3.48. The molecule has 1 rings (SSSR count). The standard InChI is InChI=1S/C13H16BrNO4/c1-13(2,6-5-11(17)18)15-12(19)9-4-3-8(14)7-10(9)16/h3-4,7,16H,5-6H2,1-2H3,(H,15,19)(H,17,18). The minimum absolute atomic E-state index is 0.0282. The van der Waals surface area contributed by atoms with Gasteiger partial charge in [0, 0.05) is 16.4 Å². The number of hydrogen-bond acceptors (Lipinski definition) is 3. The summed E-state index contributed by atoms with van der Waals surface area (Å²) in [6, 6.07) is 4.58. The van der Waals surface area contributed by atoms with Crippen molar-refractivity contribution in [2.45, 2.75) is 32.2 Å². The first kappa shape index (κ1) is 15.5. The smallest absolute Gasteiger partial charge is 0.303 e. The van der Waals surface area contributed by atoms with Crippen LogP contribution in [0.15, 0.2) is 22.7 Å². The fourth-order valence-corrected chi connectivity index (χ4v) is 1.90. The highest BCUT2D eigenvalue weighted by Gasteiger charge is 2.23. The zero-order valence-electron chi connectivity index (χ0n) is 10.7. The molecule has 0 aliphatic rings. The number of hydrogen-bond donors (Lipinski definition) is 3. The van der Waals surface area contributed by atoms with Crippen molar-refractivity contribution in [3.63, 3.8) is 0 Å². The van der Waals surface area contributed by atoms with Gasteiger partial charge in [-0.2, -0.15) is 0 Å². The third-order valence-corrected chi connectivity index (χ3v) is 3.11. The lowest BCUT2D eigenvalue weighted by molar-refractivity contribution is -0.137. The highest BCUT2D eigenvalue weighted by Crippen LogP contribution is 2.23. The SMILES string of the molecule is CC(C)(CCC(=O)O)NC(=O)c1ccc(Br)cc1O. The highest BCUT2D eigenvalue weighted by atomic mass is 79.9. The molecular weight excluding hydrogens is 314 g/mol. The maximum absolute atomic E-state index is 12.0. The Morgan fingerprint density at radius 1 is 1.37 bits per heavy atom. The van der Waals surface area contributed by atoms with Crippen LogP contribution in [0.2, 0.25) is 0 Å². The van der Waals surface area contributed by atoms with E-state index in [1.54, 1.807) is 19.9 Å². The summed E-state index contributed by atoms with van der Waals surface area (Å²) in [5, 5.41) is 21.0. The predicted molar refractivity (Wildman–Crippen MR) is 74.2 cm³/mol. The number of carbonyl (C=O) groups excluding carboxylic acids is 1. The number of rotatable bonds is 5. The van der Waals surface area contributed by atoms with Gasteiger partial charge in [0.2, 0.25) is 0 Å². The summed E-state index contributed by atoms with van der Waals surface area (Å²) in [5.41, 5.74) is -0.499. The molecule has 0 bridgehead atoms. The molecule has 6 heteroatoms. The Bertz CT molecular complexity index is 499. The fourth-order valence-electron chi connectivity index (χ4n) is 1.55. The zero-order chi connectivity index (χ0) is 14.6. The molecule has 104 valence electrons. The first-order valence-corrected chi connectivity index (χ1v) is 6.53. The molecule has 5 nitrogen and oxygen atoms in total. The van der Waals surface area contributed by atoms with Crippen LogP contribution in [-0.4, -0.2) is 27.6 Å². The Hall–Kier alpha value is -1.56. The topological polar surface area (TPSA) is 86.6 Å². The number of amides is 1. The molecule has 0 aliphatic heterocycles. The highest BCUT2D eigenvalue weighted by molar-refractivity contribution is 9.10. The Morgan fingerprint density at radius 3 is 2.53 bits per heavy atom. The summed E-state index contributed by atoms with van der Waals surface area (Å²) in [5.74, 6) is -1.46. The van der Waals surface area contributed by atoms with Crippen molar-refractivity contribution >= 4 is 27.8 Å². The first-order valence-electron chi connectivity index (χ1n) is 5.74. The van der Waals surface area contributed by atoms with Gasteiger partial charge in [0.15, 0.2) is 0 Å². The number of aliphatic carboxylic acids is 1. The third-order valence-electron chi connectivity index (χ3n) is 2.62. The lowest BCUT2D eigenvalue weighted by atomic mass is 9.97. The fraction of sp³-hybridized carbons (Fsp3) is 0.385. The van der Waals surface area contributed by atoms with Crippen LogP contribution in [0, 0.1) is 0 Å². The molecule has 3 N–H and O–H groups in total. The van der Waals surface area contributed by atoms with E-state index in [4.69, 9.17) is 5.11 Å². The number of halogens is 1. The number of phenolic OH excluding ortho intramolecular Hbond substituents is 1. The number of aromatic hydroxyl groups is 1. The lowest BCUT2D eigenvalue weighted by Gasteiger charge is -2.25. The van der Waals surface area contributed by atoms with Crippen LogP contribution in [-0.2, 0) is 4.79 Å². The average Bonchev–Trinajstić information content (AvgIpc) is 2.25. The van der Waals surface area contributed by atoms with E-state index in [1.165, 1.54) is 12.1 Å². The number of carbonyl (C=O) groups is 2. The Labute approximate surface area is 119 Å².